The smallest absolute Gasteiger partial charge is 0.0991 e. The largest absolute Gasteiger partial charge is 0.382 e. The van der Waals surface area contributed by atoms with Crippen molar-refractivity contribution >= 4 is 5.69 Å². The van der Waals surface area contributed by atoms with Gasteiger partial charge in [-0.1, -0.05) is 19.8 Å². The molecule has 16 heavy (non-hydrogen) atoms. The Balaban J connectivity index is 2.00. The van der Waals surface area contributed by atoms with E-state index < -0.39 is 0 Å². The summed E-state index contributed by atoms with van der Waals surface area (Å²) in [6.07, 6.45) is 5.23. The highest BCUT2D eigenvalue weighted by Gasteiger charge is 2.25. The number of rotatable bonds is 3. The van der Waals surface area contributed by atoms with E-state index in [4.69, 9.17) is 5.26 Å². The molecule has 1 aliphatic carbocycles. The minimum absolute atomic E-state index is 0.623. The highest BCUT2D eigenvalue weighted by molar-refractivity contribution is 5.48. The summed E-state index contributed by atoms with van der Waals surface area (Å²) in [5, 5.41) is 12.3. The molecule has 2 heteroatoms. The molecular formula is C14H18N2. The average Bonchev–Trinajstić information content (AvgIpc) is 2.77. The SMILES string of the molecule is CCC1CCCC1Nc1ccc(C#N)cc1. The lowest BCUT2D eigenvalue weighted by Crippen LogP contribution is -2.23. The number of nitriles is 1. The van der Waals surface area contributed by atoms with Crippen molar-refractivity contribution in [1.29, 1.82) is 5.26 Å². The van der Waals surface area contributed by atoms with Gasteiger partial charge in [-0.25, -0.2) is 0 Å². The number of anilines is 1. The van der Waals surface area contributed by atoms with Crippen LogP contribution in [0.1, 0.15) is 38.2 Å². The number of nitrogens with one attached hydrogen (secondary N) is 1. The third-order valence-corrected chi connectivity index (χ3v) is 3.55. The molecule has 0 amide bonds. The van der Waals surface area contributed by atoms with E-state index in [-0.39, 0.29) is 0 Å². The van der Waals surface area contributed by atoms with E-state index in [1.54, 1.807) is 0 Å². The summed E-state index contributed by atoms with van der Waals surface area (Å²) in [6, 6.07) is 10.5. The molecule has 84 valence electrons. The highest BCUT2D eigenvalue weighted by atomic mass is 14.9. The van der Waals surface area contributed by atoms with Crippen molar-refractivity contribution in [3.8, 4) is 6.07 Å². The van der Waals surface area contributed by atoms with Gasteiger partial charge in [-0.2, -0.15) is 5.26 Å². The van der Waals surface area contributed by atoms with E-state index in [1.165, 1.54) is 25.7 Å². The van der Waals surface area contributed by atoms with Crippen molar-refractivity contribution < 1.29 is 0 Å². The quantitative estimate of drug-likeness (QED) is 0.835. The summed E-state index contributed by atoms with van der Waals surface area (Å²) in [7, 11) is 0. The third kappa shape index (κ3) is 2.36. The van der Waals surface area contributed by atoms with Gasteiger partial charge in [-0.05, 0) is 43.0 Å². The molecule has 0 heterocycles. The lowest BCUT2D eigenvalue weighted by Gasteiger charge is -2.20. The van der Waals surface area contributed by atoms with Crippen molar-refractivity contribution in [2.75, 3.05) is 5.32 Å². The molecule has 1 fully saturated rings. The molecular weight excluding hydrogens is 196 g/mol. The molecule has 0 spiro atoms. The number of hydrogen-bond acceptors (Lipinski definition) is 2. The van der Waals surface area contributed by atoms with Crippen molar-refractivity contribution in [1.82, 2.24) is 0 Å². The molecule has 0 aromatic heterocycles. The maximum atomic E-state index is 8.72. The lowest BCUT2D eigenvalue weighted by atomic mass is 10.0. The first-order valence-electron chi connectivity index (χ1n) is 6.10. The Bertz CT molecular complexity index is 375. The maximum absolute atomic E-state index is 8.72. The minimum Gasteiger partial charge on any atom is -0.382 e. The Morgan fingerprint density at radius 1 is 1.31 bits per heavy atom. The number of hydrogen-bond donors (Lipinski definition) is 1. The van der Waals surface area contributed by atoms with Gasteiger partial charge in [0.15, 0.2) is 0 Å². The number of benzene rings is 1. The van der Waals surface area contributed by atoms with Gasteiger partial charge in [0.25, 0.3) is 0 Å². The molecule has 1 aliphatic rings. The zero-order chi connectivity index (χ0) is 11.4. The molecule has 1 aromatic rings. The molecule has 1 N–H and O–H groups in total. The van der Waals surface area contributed by atoms with Crippen LogP contribution >= 0.6 is 0 Å². The topological polar surface area (TPSA) is 35.8 Å². The van der Waals surface area contributed by atoms with E-state index in [1.807, 2.05) is 24.3 Å². The second kappa shape index (κ2) is 5.03. The van der Waals surface area contributed by atoms with Crippen molar-refractivity contribution in [3.05, 3.63) is 29.8 Å². The fourth-order valence-corrected chi connectivity index (χ4v) is 2.57. The number of nitrogens with zero attached hydrogens (tertiary/aromatic N) is 1. The van der Waals surface area contributed by atoms with Gasteiger partial charge in [-0.3, -0.25) is 0 Å². The molecule has 2 rings (SSSR count). The van der Waals surface area contributed by atoms with Gasteiger partial charge in [0.05, 0.1) is 11.6 Å². The summed E-state index contributed by atoms with van der Waals surface area (Å²) >= 11 is 0. The summed E-state index contributed by atoms with van der Waals surface area (Å²) in [5.41, 5.74) is 1.87. The molecule has 0 radical (unpaired) electrons. The van der Waals surface area contributed by atoms with Crippen LogP contribution in [-0.2, 0) is 0 Å². The summed E-state index contributed by atoms with van der Waals surface area (Å²) in [5.74, 6) is 0.815. The highest BCUT2D eigenvalue weighted by Crippen LogP contribution is 2.30. The summed E-state index contributed by atoms with van der Waals surface area (Å²) in [6.45, 7) is 2.27. The van der Waals surface area contributed by atoms with Crippen molar-refractivity contribution in [2.24, 2.45) is 5.92 Å². The standard InChI is InChI=1S/C14H18N2/c1-2-12-4-3-5-14(12)16-13-8-6-11(10-15)7-9-13/h6-9,12,14,16H,2-5H2,1H3. The monoisotopic (exact) mass is 214 g/mol. The van der Waals surface area contributed by atoms with E-state index in [0.717, 1.165) is 17.2 Å². The first kappa shape index (κ1) is 11.0. The predicted octanol–water partition coefficient (Wildman–Crippen LogP) is 3.55. The third-order valence-electron chi connectivity index (χ3n) is 3.55. The molecule has 2 atom stereocenters. The molecule has 0 saturated heterocycles. The van der Waals surface area contributed by atoms with Crippen LogP contribution in [0, 0.1) is 17.2 Å². The van der Waals surface area contributed by atoms with Gasteiger partial charge in [0, 0.05) is 11.7 Å². The maximum Gasteiger partial charge on any atom is 0.0991 e. The van der Waals surface area contributed by atoms with Crippen LogP contribution in [0.2, 0.25) is 0 Å². The van der Waals surface area contributed by atoms with E-state index in [2.05, 4.69) is 18.3 Å². The Morgan fingerprint density at radius 3 is 2.69 bits per heavy atom. The lowest BCUT2D eigenvalue weighted by molar-refractivity contribution is 0.489. The predicted molar refractivity (Wildman–Crippen MR) is 66.2 cm³/mol. The summed E-state index contributed by atoms with van der Waals surface area (Å²) < 4.78 is 0. The van der Waals surface area contributed by atoms with Crippen LogP contribution in [0.3, 0.4) is 0 Å². The molecule has 1 saturated carbocycles. The Hall–Kier alpha value is -1.49. The van der Waals surface area contributed by atoms with Gasteiger partial charge in [0.1, 0.15) is 0 Å². The molecule has 0 aliphatic heterocycles. The fourth-order valence-electron chi connectivity index (χ4n) is 2.57. The van der Waals surface area contributed by atoms with Gasteiger partial charge in [-0.15, -0.1) is 0 Å². The normalized spacial score (nSPS) is 24.0. The molecule has 0 bridgehead atoms. The molecule has 1 aromatic carbocycles. The Morgan fingerprint density at radius 2 is 2.06 bits per heavy atom. The first-order valence-corrected chi connectivity index (χ1v) is 6.10. The van der Waals surface area contributed by atoms with E-state index in [0.29, 0.717) is 6.04 Å². The zero-order valence-corrected chi connectivity index (χ0v) is 9.74. The average molecular weight is 214 g/mol. The summed E-state index contributed by atoms with van der Waals surface area (Å²) in [4.78, 5) is 0. The van der Waals surface area contributed by atoms with E-state index >= 15 is 0 Å². The Kier molecular flexibility index (Phi) is 3.46. The van der Waals surface area contributed by atoms with Crippen LogP contribution in [0.25, 0.3) is 0 Å². The van der Waals surface area contributed by atoms with Gasteiger partial charge in [0.2, 0.25) is 0 Å². The van der Waals surface area contributed by atoms with Gasteiger partial charge >= 0.3 is 0 Å². The second-order valence-corrected chi connectivity index (χ2v) is 4.54. The Labute approximate surface area is 97.3 Å². The van der Waals surface area contributed by atoms with Crippen molar-refractivity contribution in [3.63, 3.8) is 0 Å². The van der Waals surface area contributed by atoms with Crippen LogP contribution in [0.5, 0.6) is 0 Å². The van der Waals surface area contributed by atoms with E-state index in [9.17, 15) is 0 Å². The van der Waals surface area contributed by atoms with Crippen LogP contribution < -0.4 is 5.32 Å². The molecule has 2 unspecified atom stereocenters. The minimum atomic E-state index is 0.623. The van der Waals surface area contributed by atoms with Crippen LogP contribution in [-0.4, -0.2) is 6.04 Å². The van der Waals surface area contributed by atoms with Crippen LogP contribution in [0.15, 0.2) is 24.3 Å². The first-order chi connectivity index (χ1) is 7.83. The van der Waals surface area contributed by atoms with Crippen molar-refractivity contribution in [2.45, 2.75) is 38.6 Å². The molecule has 2 nitrogen and oxygen atoms in total. The second-order valence-electron chi connectivity index (χ2n) is 4.54. The zero-order valence-electron chi connectivity index (χ0n) is 9.74. The van der Waals surface area contributed by atoms with Gasteiger partial charge < -0.3 is 5.32 Å². The fraction of sp³-hybridized carbons (Fsp3) is 0.500. The van der Waals surface area contributed by atoms with Crippen LogP contribution in [0.4, 0.5) is 5.69 Å².